The van der Waals surface area contributed by atoms with Crippen LogP contribution in [0.5, 0.6) is 5.75 Å². The Hall–Kier alpha value is -1.91. The molecular formula is C22H29N3O. The molecule has 2 saturated heterocycles. The van der Waals surface area contributed by atoms with Crippen molar-refractivity contribution in [3.05, 3.63) is 59.9 Å². The highest BCUT2D eigenvalue weighted by atomic mass is 16.3. The van der Waals surface area contributed by atoms with Crippen LogP contribution in [-0.2, 0) is 12.0 Å². The Labute approximate surface area is 156 Å². The molecule has 0 amide bonds. The minimum absolute atomic E-state index is 0.105. The maximum absolute atomic E-state index is 9.96. The van der Waals surface area contributed by atoms with Gasteiger partial charge in [-0.2, -0.15) is 0 Å². The van der Waals surface area contributed by atoms with E-state index in [0.29, 0.717) is 17.7 Å². The van der Waals surface area contributed by atoms with E-state index >= 15 is 0 Å². The molecule has 1 unspecified atom stereocenters. The Bertz CT molecular complexity index is 750. The van der Waals surface area contributed by atoms with Crippen LogP contribution in [0.1, 0.15) is 31.5 Å². The first kappa shape index (κ1) is 17.5. The Kier molecular flexibility index (Phi) is 4.72. The summed E-state index contributed by atoms with van der Waals surface area (Å²) in [5, 5.41) is 9.96. The summed E-state index contributed by atoms with van der Waals surface area (Å²) in [6.45, 7) is 10.2. The number of rotatable bonds is 3. The van der Waals surface area contributed by atoms with Crippen molar-refractivity contribution < 1.29 is 5.11 Å². The van der Waals surface area contributed by atoms with Crippen molar-refractivity contribution in [1.29, 1.82) is 0 Å². The first-order chi connectivity index (χ1) is 12.5. The van der Waals surface area contributed by atoms with Gasteiger partial charge in [-0.05, 0) is 47.6 Å². The third-order valence-electron chi connectivity index (χ3n) is 6.56. The van der Waals surface area contributed by atoms with E-state index in [9.17, 15) is 5.11 Å². The highest BCUT2D eigenvalue weighted by molar-refractivity contribution is 5.34. The predicted molar refractivity (Wildman–Crippen MR) is 104 cm³/mol. The molecule has 4 rings (SSSR count). The summed E-state index contributed by atoms with van der Waals surface area (Å²) in [4.78, 5) is 9.71. The van der Waals surface area contributed by atoms with Crippen molar-refractivity contribution in [2.24, 2.45) is 5.92 Å². The van der Waals surface area contributed by atoms with Crippen molar-refractivity contribution >= 4 is 0 Å². The lowest BCUT2D eigenvalue weighted by Gasteiger charge is -2.53. The number of aromatic nitrogens is 1. The Morgan fingerprint density at radius 1 is 1.15 bits per heavy atom. The van der Waals surface area contributed by atoms with Gasteiger partial charge in [0.25, 0.3) is 0 Å². The zero-order valence-corrected chi connectivity index (χ0v) is 15.8. The molecule has 1 aromatic heterocycles. The summed E-state index contributed by atoms with van der Waals surface area (Å²) in [6.07, 6.45) is 3.02. The second kappa shape index (κ2) is 7.01. The molecule has 3 heterocycles. The fourth-order valence-electron chi connectivity index (χ4n) is 4.76. The smallest absolute Gasteiger partial charge is 0.115 e. The van der Waals surface area contributed by atoms with Crippen LogP contribution < -0.4 is 0 Å². The first-order valence-corrected chi connectivity index (χ1v) is 9.70. The second-order valence-corrected chi connectivity index (χ2v) is 8.28. The van der Waals surface area contributed by atoms with Crippen molar-refractivity contribution in [2.45, 2.75) is 38.3 Å². The number of hydrogen-bond acceptors (Lipinski definition) is 4. The van der Waals surface area contributed by atoms with Gasteiger partial charge in [0.1, 0.15) is 5.75 Å². The van der Waals surface area contributed by atoms with Crippen LogP contribution in [0.4, 0.5) is 0 Å². The fraction of sp³-hybridized carbons (Fsp3) is 0.500. The summed E-state index contributed by atoms with van der Waals surface area (Å²) in [6, 6.07) is 14.6. The van der Waals surface area contributed by atoms with E-state index in [0.717, 1.165) is 44.8 Å². The van der Waals surface area contributed by atoms with Gasteiger partial charge < -0.3 is 5.11 Å². The summed E-state index contributed by atoms with van der Waals surface area (Å²) in [5.74, 6) is 0.946. The lowest BCUT2D eigenvalue weighted by atomic mass is 9.65. The lowest BCUT2D eigenvalue weighted by molar-refractivity contribution is -0.00589. The number of piperazine rings is 1. The molecule has 4 heteroatoms. The van der Waals surface area contributed by atoms with Crippen LogP contribution >= 0.6 is 0 Å². The maximum atomic E-state index is 9.96. The molecule has 0 saturated carbocycles. The molecular weight excluding hydrogens is 322 g/mol. The fourth-order valence-corrected chi connectivity index (χ4v) is 4.76. The van der Waals surface area contributed by atoms with Crippen LogP contribution in [0.15, 0.2) is 48.7 Å². The van der Waals surface area contributed by atoms with E-state index in [1.807, 2.05) is 24.4 Å². The van der Waals surface area contributed by atoms with Crippen molar-refractivity contribution in [3.63, 3.8) is 0 Å². The van der Waals surface area contributed by atoms with E-state index in [1.165, 1.54) is 5.56 Å². The van der Waals surface area contributed by atoms with Gasteiger partial charge in [-0.15, -0.1) is 0 Å². The number of nitrogens with zero attached hydrogens (tertiary/aromatic N) is 3. The zero-order valence-electron chi connectivity index (χ0n) is 15.8. The van der Waals surface area contributed by atoms with Gasteiger partial charge >= 0.3 is 0 Å². The second-order valence-electron chi connectivity index (χ2n) is 8.28. The molecule has 26 heavy (non-hydrogen) atoms. The largest absolute Gasteiger partial charge is 0.508 e. The van der Waals surface area contributed by atoms with E-state index < -0.39 is 0 Å². The molecule has 1 N–H and O–H groups in total. The van der Waals surface area contributed by atoms with Crippen molar-refractivity contribution in [3.8, 4) is 5.75 Å². The Morgan fingerprint density at radius 2 is 2.04 bits per heavy atom. The van der Waals surface area contributed by atoms with Gasteiger partial charge in [0.05, 0.1) is 5.69 Å². The first-order valence-electron chi connectivity index (χ1n) is 9.70. The van der Waals surface area contributed by atoms with Crippen molar-refractivity contribution in [2.75, 3.05) is 26.2 Å². The molecule has 138 valence electrons. The van der Waals surface area contributed by atoms with E-state index in [-0.39, 0.29) is 5.41 Å². The molecule has 2 aliphatic rings. The van der Waals surface area contributed by atoms with Gasteiger partial charge in [-0.3, -0.25) is 14.8 Å². The topological polar surface area (TPSA) is 39.6 Å². The Balaban J connectivity index is 1.50. The minimum atomic E-state index is 0.105. The molecule has 4 nitrogen and oxygen atoms in total. The summed E-state index contributed by atoms with van der Waals surface area (Å²) in [7, 11) is 0. The average molecular weight is 351 g/mol. The summed E-state index contributed by atoms with van der Waals surface area (Å²) < 4.78 is 0. The number of aromatic hydroxyl groups is 1. The van der Waals surface area contributed by atoms with E-state index in [1.54, 1.807) is 6.07 Å². The molecule has 0 aliphatic carbocycles. The van der Waals surface area contributed by atoms with Gasteiger partial charge in [-0.25, -0.2) is 0 Å². The van der Waals surface area contributed by atoms with Gasteiger partial charge in [0, 0.05) is 45.0 Å². The number of fused-ring (bicyclic) bond motifs is 1. The van der Waals surface area contributed by atoms with Gasteiger partial charge in [0.2, 0.25) is 0 Å². The monoisotopic (exact) mass is 351 g/mol. The maximum Gasteiger partial charge on any atom is 0.115 e. The third-order valence-corrected chi connectivity index (χ3v) is 6.56. The molecule has 3 atom stereocenters. The van der Waals surface area contributed by atoms with Gasteiger partial charge in [-0.1, -0.05) is 32.0 Å². The molecule has 0 radical (unpaired) electrons. The van der Waals surface area contributed by atoms with Crippen LogP contribution in [0.3, 0.4) is 0 Å². The SMILES string of the molecule is C[C@H]1CN2CCN(Cc3ccccn3)CC2C[C@@]1(C)c1cccc(O)c1. The number of phenolic OH excluding ortho intramolecular Hbond substituents is 1. The van der Waals surface area contributed by atoms with Crippen LogP contribution in [0.2, 0.25) is 0 Å². The van der Waals surface area contributed by atoms with Crippen LogP contribution in [0, 0.1) is 5.92 Å². The lowest BCUT2D eigenvalue weighted by Crippen LogP contribution is -2.60. The van der Waals surface area contributed by atoms with Gasteiger partial charge in [0.15, 0.2) is 0 Å². The van der Waals surface area contributed by atoms with Crippen LogP contribution in [0.25, 0.3) is 0 Å². The zero-order chi connectivity index (χ0) is 18.1. The Morgan fingerprint density at radius 3 is 2.81 bits per heavy atom. The number of pyridine rings is 1. The minimum Gasteiger partial charge on any atom is -0.508 e. The molecule has 0 bridgehead atoms. The molecule has 2 fully saturated rings. The third kappa shape index (κ3) is 3.36. The summed E-state index contributed by atoms with van der Waals surface area (Å²) >= 11 is 0. The highest BCUT2D eigenvalue weighted by Gasteiger charge is 2.44. The number of phenols is 1. The number of hydrogen-bond donors (Lipinski definition) is 1. The molecule has 0 spiro atoms. The molecule has 1 aromatic carbocycles. The van der Waals surface area contributed by atoms with Crippen LogP contribution in [-0.4, -0.2) is 52.1 Å². The summed E-state index contributed by atoms with van der Waals surface area (Å²) in [5.41, 5.74) is 2.53. The van der Waals surface area contributed by atoms with E-state index in [4.69, 9.17) is 0 Å². The standard InChI is InChI=1S/C22H29N3O/c1-17-14-25-11-10-24(15-19-7-3-4-9-23-19)16-20(25)13-22(17,2)18-6-5-8-21(26)12-18/h3-9,12,17,20,26H,10-11,13-16H2,1-2H3/t17-,20?,22+/m0/s1. The number of piperidine rings is 1. The number of benzene rings is 1. The predicted octanol–water partition coefficient (Wildman–Crippen LogP) is 3.27. The molecule has 2 aliphatic heterocycles. The molecule has 2 aromatic rings. The quantitative estimate of drug-likeness (QED) is 0.921. The highest BCUT2D eigenvalue weighted by Crippen LogP contribution is 2.43. The normalized spacial score (nSPS) is 30.1. The average Bonchev–Trinajstić information content (AvgIpc) is 2.64. The van der Waals surface area contributed by atoms with E-state index in [2.05, 4.69) is 46.8 Å². The van der Waals surface area contributed by atoms with Crippen molar-refractivity contribution in [1.82, 2.24) is 14.8 Å².